The van der Waals surface area contributed by atoms with Crippen LogP contribution in [0.15, 0.2) is 58.3 Å². The molecule has 0 saturated carbocycles. The van der Waals surface area contributed by atoms with Crippen LogP contribution in [0.5, 0.6) is 0 Å². The van der Waals surface area contributed by atoms with Gasteiger partial charge in [-0.05, 0) is 29.8 Å². The molecule has 0 unspecified atom stereocenters. The first-order valence-corrected chi connectivity index (χ1v) is 10.8. The lowest BCUT2D eigenvalue weighted by Gasteiger charge is -2.19. The molecule has 0 fully saturated rings. The van der Waals surface area contributed by atoms with Gasteiger partial charge in [0.25, 0.3) is 0 Å². The molecule has 25 heavy (non-hydrogen) atoms. The molecule has 2 rings (SSSR count). The number of sulfone groups is 1. The molecule has 0 spiro atoms. The van der Waals surface area contributed by atoms with Crippen LogP contribution >= 0.6 is 11.8 Å². The number of hydrogen-bond acceptors (Lipinski definition) is 4. The van der Waals surface area contributed by atoms with E-state index in [1.54, 1.807) is 23.9 Å². The third kappa shape index (κ3) is 5.61. The average molecular weight is 378 g/mol. The molecule has 0 heterocycles. The Morgan fingerprint density at radius 2 is 1.64 bits per heavy atom. The van der Waals surface area contributed by atoms with Gasteiger partial charge in [-0.1, -0.05) is 45.0 Å². The zero-order valence-corrected chi connectivity index (χ0v) is 16.5. The lowest BCUT2D eigenvalue weighted by Crippen LogP contribution is -2.27. The summed E-state index contributed by atoms with van der Waals surface area (Å²) in [5.41, 5.74) is 1.36. The molecule has 0 aromatic heterocycles. The van der Waals surface area contributed by atoms with Gasteiger partial charge in [0.15, 0.2) is 9.84 Å². The molecule has 0 atom stereocenters. The van der Waals surface area contributed by atoms with Crippen molar-refractivity contribution in [3.05, 3.63) is 54.1 Å². The normalized spacial score (nSPS) is 12.0. The van der Waals surface area contributed by atoms with E-state index in [1.165, 1.54) is 6.26 Å². The zero-order chi connectivity index (χ0) is 18.7. The third-order valence-electron chi connectivity index (χ3n) is 3.56. The van der Waals surface area contributed by atoms with E-state index in [9.17, 15) is 13.2 Å². The van der Waals surface area contributed by atoms with Crippen LogP contribution in [-0.2, 0) is 20.4 Å². The Kier molecular flexibility index (Phi) is 5.95. The molecule has 0 aliphatic heterocycles. The number of anilines is 1. The number of hydrogen-bond donors (Lipinski definition) is 1. The number of amides is 1. The minimum absolute atomic E-state index is 0.0296. The highest BCUT2D eigenvalue weighted by atomic mass is 32.2. The van der Waals surface area contributed by atoms with Gasteiger partial charge < -0.3 is 5.32 Å². The van der Waals surface area contributed by atoms with Crippen LogP contribution in [-0.4, -0.2) is 20.6 Å². The molecule has 0 radical (unpaired) electrons. The predicted octanol–water partition coefficient (Wildman–Crippen LogP) is 4.37. The zero-order valence-electron chi connectivity index (χ0n) is 14.9. The van der Waals surface area contributed by atoms with Gasteiger partial charge in [0.2, 0.25) is 5.91 Å². The first-order chi connectivity index (χ1) is 11.6. The van der Waals surface area contributed by atoms with E-state index in [0.29, 0.717) is 10.6 Å². The SMILES string of the molecule is CC(C)(C)C(=O)Nc1ccccc1SCc1ccc(S(C)(=O)=O)cc1. The van der Waals surface area contributed by atoms with Gasteiger partial charge in [-0.3, -0.25) is 4.79 Å². The average Bonchev–Trinajstić information content (AvgIpc) is 2.52. The number of para-hydroxylation sites is 1. The van der Waals surface area contributed by atoms with Gasteiger partial charge in [-0.2, -0.15) is 0 Å². The predicted molar refractivity (Wildman–Crippen MR) is 104 cm³/mol. The Morgan fingerprint density at radius 1 is 1.04 bits per heavy atom. The second-order valence-corrected chi connectivity index (χ2v) is 9.94. The summed E-state index contributed by atoms with van der Waals surface area (Å²) >= 11 is 1.60. The van der Waals surface area contributed by atoms with Gasteiger partial charge in [0.05, 0.1) is 10.6 Å². The second kappa shape index (κ2) is 7.62. The second-order valence-electron chi connectivity index (χ2n) is 6.91. The van der Waals surface area contributed by atoms with Crippen LogP contribution < -0.4 is 5.32 Å². The molecule has 1 N–H and O–H groups in total. The highest BCUT2D eigenvalue weighted by Crippen LogP contribution is 2.31. The quantitative estimate of drug-likeness (QED) is 0.786. The Labute approximate surface area is 154 Å². The fraction of sp³-hybridized carbons (Fsp3) is 0.316. The van der Waals surface area contributed by atoms with Gasteiger partial charge >= 0.3 is 0 Å². The molecule has 0 aliphatic rings. The Balaban J connectivity index is 2.10. The molecule has 6 heteroatoms. The van der Waals surface area contributed by atoms with E-state index in [1.807, 2.05) is 57.2 Å². The van der Waals surface area contributed by atoms with Crippen LogP contribution in [0.1, 0.15) is 26.3 Å². The topological polar surface area (TPSA) is 63.2 Å². The van der Waals surface area contributed by atoms with Crippen molar-refractivity contribution in [3.8, 4) is 0 Å². The summed E-state index contributed by atoms with van der Waals surface area (Å²) in [4.78, 5) is 13.5. The maximum absolute atomic E-state index is 12.2. The van der Waals surface area contributed by atoms with E-state index >= 15 is 0 Å². The first-order valence-electron chi connectivity index (χ1n) is 7.89. The van der Waals surface area contributed by atoms with Crippen LogP contribution in [0.3, 0.4) is 0 Å². The van der Waals surface area contributed by atoms with Crippen molar-refractivity contribution in [3.63, 3.8) is 0 Å². The molecule has 0 saturated heterocycles. The number of rotatable bonds is 5. The Morgan fingerprint density at radius 3 is 2.20 bits per heavy atom. The molecule has 0 aliphatic carbocycles. The molecule has 1 amide bonds. The van der Waals surface area contributed by atoms with E-state index < -0.39 is 15.3 Å². The molecular weight excluding hydrogens is 354 g/mol. The standard InChI is InChI=1S/C19H23NO3S2/c1-19(2,3)18(21)20-16-7-5-6-8-17(16)24-13-14-9-11-15(12-10-14)25(4,22)23/h5-12H,13H2,1-4H3,(H,20,21). The van der Waals surface area contributed by atoms with Crippen LogP contribution in [0.2, 0.25) is 0 Å². The van der Waals surface area contributed by atoms with Gasteiger partial charge in [-0.25, -0.2) is 8.42 Å². The summed E-state index contributed by atoms with van der Waals surface area (Å²) < 4.78 is 23.0. The summed E-state index contributed by atoms with van der Waals surface area (Å²) in [6, 6.07) is 14.6. The smallest absolute Gasteiger partial charge is 0.229 e. The van der Waals surface area contributed by atoms with E-state index in [2.05, 4.69) is 5.32 Å². The molecule has 2 aromatic rings. The number of carbonyl (C=O) groups is 1. The summed E-state index contributed by atoms with van der Waals surface area (Å²) in [6.07, 6.45) is 1.20. The Bertz CT molecular complexity index is 851. The first kappa shape index (κ1) is 19.5. The monoisotopic (exact) mass is 377 g/mol. The molecule has 2 aromatic carbocycles. The highest BCUT2D eigenvalue weighted by Gasteiger charge is 2.22. The van der Waals surface area contributed by atoms with Crippen LogP contribution in [0, 0.1) is 5.41 Å². The summed E-state index contributed by atoms with van der Waals surface area (Å²) in [5.74, 6) is 0.657. The van der Waals surface area contributed by atoms with Crippen molar-refractivity contribution in [2.45, 2.75) is 36.3 Å². The lowest BCUT2D eigenvalue weighted by molar-refractivity contribution is -0.123. The number of benzene rings is 2. The van der Waals surface area contributed by atoms with Crippen molar-refractivity contribution < 1.29 is 13.2 Å². The Hall–Kier alpha value is -1.79. The largest absolute Gasteiger partial charge is 0.325 e. The fourth-order valence-corrected chi connectivity index (χ4v) is 3.59. The van der Waals surface area contributed by atoms with E-state index in [-0.39, 0.29) is 5.91 Å². The third-order valence-corrected chi connectivity index (χ3v) is 5.84. The maximum Gasteiger partial charge on any atom is 0.229 e. The van der Waals surface area contributed by atoms with Crippen molar-refractivity contribution >= 4 is 33.2 Å². The van der Waals surface area contributed by atoms with Crippen LogP contribution in [0.4, 0.5) is 5.69 Å². The summed E-state index contributed by atoms with van der Waals surface area (Å²) in [7, 11) is -3.18. The van der Waals surface area contributed by atoms with Crippen molar-refractivity contribution in [1.82, 2.24) is 0 Å². The molecular formula is C19H23NO3S2. The fourth-order valence-electron chi connectivity index (χ4n) is 2.00. The van der Waals surface area contributed by atoms with E-state index in [4.69, 9.17) is 0 Å². The van der Waals surface area contributed by atoms with Crippen molar-refractivity contribution in [2.24, 2.45) is 5.41 Å². The van der Waals surface area contributed by atoms with Crippen molar-refractivity contribution in [1.29, 1.82) is 0 Å². The lowest BCUT2D eigenvalue weighted by atomic mass is 9.95. The highest BCUT2D eigenvalue weighted by molar-refractivity contribution is 7.98. The minimum Gasteiger partial charge on any atom is -0.325 e. The maximum atomic E-state index is 12.2. The van der Waals surface area contributed by atoms with E-state index in [0.717, 1.165) is 16.1 Å². The number of carbonyl (C=O) groups excluding carboxylic acids is 1. The summed E-state index contributed by atoms with van der Waals surface area (Å²) in [5, 5.41) is 2.98. The number of nitrogens with one attached hydrogen (secondary N) is 1. The van der Waals surface area contributed by atoms with Gasteiger partial charge in [-0.15, -0.1) is 11.8 Å². The van der Waals surface area contributed by atoms with Crippen molar-refractivity contribution in [2.75, 3.05) is 11.6 Å². The number of thioether (sulfide) groups is 1. The van der Waals surface area contributed by atoms with Gasteiger partial charge in [0, 0.05) is 22.3 Å². The van der Waals surface area contributed by atoms with Crippen LogP contribution in [0.25, 0.3) is 0 Å². The molecule has 134 valence electrons. The molecule has 0 bridgehead atoms. The van der Waals surface area contributed by atoms with Gasteiger partial charge in [0.1, 0.15) is 0 Å². The minimum atomic E-state index is -3.18. The summed E-state index contributed by atoms with van der Waals surface area (Å²) in [6.45, 7) is 5.63. The molecule has 4 nitrogen and oxygen atoms in total.